The number of nitrogens with one attached hydrogen (secondary N) is 2. The van der Waals surface area contributed by atoms with E-state index in [1.54, 1.807) is 4.52 Å². The van der Waals surface area contributed by atoms with Crippen LogP contribution in [-0.4, -0.2) is 25.5 Å². The minimum atomic E-state index is -0.222. The number of hydrogen-bond acceptors (Lipinski definition) is 5. The molecule has 4 rings (SSSR count). The van der Waals surface area contributed by atoms with E-state index in [0.717, 1.165) is 37.6 Å². The van der Waals surface area contributed by atoms with Crippen LogP contribution in [0.2, 0.25) is 0 Å². The molecule has 148 valence electrons. The smallest absolute Gasteiger partial charge is 0.266 e. The lowest BCUT2D eigenvalue weighted by atomic mass is 10.1. The number of anilines is 1. The van der Waals surface area contributed by atoms with Gasteiger partial charge in [0.15, 0.2) is 10.8 Å². The molecule has 0 bridgehead atoms. The average molecular weight is 472 g/mol. The summed E-state index contributed by atoms with van der Waals surface area (Å²) < 4.78 is 2.61. The third-order valence-electron chi connectivity index (χ3n) is 4.70. The standard InChI is InChI=1S/C20H18BrN5O2S/c1-10-15(11(2)26-16(22-10)9-18(28)25-26)8-17(27)23-20-24-19(12(3)29-20)13-4-6-14(21)7-5-13/h4-7,9H,8H2,1-3H3,(H,25,28)(H,23,24,27). The Morgan fingerprint density at radius 1 is 1.21 bits per heavy atom. The normalized spacial score (nSPS) is 11.2. The zero-order valence-electron chi connectivity index (χ0n) is 16.0. The van der Waals surface area contributed by atoms with Gasteiger partial charge < -0.3 is 5.32 Å². The molecule has 1 aromatic carbocycles. The van der Waals surface area contributed by atoms with Crippen LogP contribution in [-0.2, 0) is 11.2 Å². The number of rotatable bonds is 4. The van der Waals surface area contributed by atoms with Gasteiger partial charge in [0.2, 0.25) is 5.91 Å². The van der Waals surface area contributed by atoms with Crippen LogP contribution in [0.3, 0.4) is 0 Å². The molecule has 1 amide bonds. The third kappa shape index (κ3) is 3.88. The molecule has 3 aromatic heterocycles. The van der Waals surface area contributed by atoms with Gasteiger partial charge in [-0.1, -0.05) is 28.1 Å². The number of fused-ring (bicyclic) bond motifs is 1. The van der Waals surface area contributed by atoms with Gasteiger partial charge in [-0.3, -0.25) is 14.7 Å². The van der Waals surface area contributed by atoms with E-state index in [0.29, 0.717) is 10.8 Å². The molecule has 4 aromatic rings. The fourth-order valence-corrected chi connectivity index (χ4v) is 4.38. The van der Waals surface area contributed by atoms with Gasteiger partial charge in [-0.15, -0.1) is 11.3 Å². The first-order valence-corrected chi connectivity index (χ1v) is 10.5. The maximum atomic E-state index is 12.7. The molecule has 2 N–H and O–H groups in total. The van der Waals surface area contributed by atoms with E-state index < -0.39 is 0 Å². The molecule has 0 spiro atoms. The third-order valence-corrected chi connectivity index (χ3v) is 6.12. The fraction of sp³-hybridized carbons (Fsp3) is 0.200. The second-order valence-corrected chi connectivity index (χ2v) is 8.85. The molecule has 9 heteroatoms. The molecule has 0 fully saturated rings. The average Bonchev–Trinajstić information content (AvgIpc) is 3.21. The van der Waals surface area contributed by atoms with Gasteiger partial charge >= 0.3 is 0 Å². The van der Waals surface area contributed by atoms with Gasteiger partial charge in [0, 0.05) is 37.9 Å². The van der Waals surface area contributed by atoms with Crippen molar-refractivity contribution in [3.05, 3.63) is 67.0 Å². The molecule has 3 heterocycles. The number of thiazole rings is 1. The van der Waals surface area contributed by atoms with Crippen LogP contribution in [0.4, 0.5) is 5.13 Å². The molecule has 0 unspecified atom stereocenters. The van der Waals surface area contributed by atoms with Crippen LogP contribution in [0.5, 0.6) is 0 Å². The molecule has 0 radical (unpaired) electrons. The van der Waals surface area contributed by atoms with Crippen molar-refractivity contribution in [3.63, 3.8) is 0 Å². The molecular formula is C20H18BrN5O2S. The summed E-state index contributed by atoms with van der Waals surface area (Å²) in [7, 11) is 0. The first-order chi connectivity index (χ1) is 13.8. The SMILES string of the molecule is Cc1nc2cc(=O)[nH]n2c(C)c1CC(=O)Nc1nc(-c2ccc(Br)cc2)c(C)s1. The highest BCUT2D eigenvalue weighted by molar-refractivity contribution is 9.10. The summed E-state index contributed by atoms with van der Waals surface area (Å²) >= 11 is 4.88. The molecule has 29 heavy (non-hydrogen) atoms. The van der Waals surface area contributed by atoms with Crippen LogP contribution >= 0.6 is 27.3 Å². The summed E-state index contributed by atoms with van der Waals surface area (Å²) in [5.41, 5.74) is 4.48. The summed E-state index contributed by atoms with van der Waals surface area (Å²) in [4.78, 5) is 34.3. The number of H-pyrrole nitrogens is 1. The predicted molar refractivity (Wildman–Crippen MR) is 118 cm³/mol. The summed E-state index contributed by atoms with van der Waals surface area (Å²) in [5, 5.41) is 6.15. The van der Waals surface area contributed by atoms with E-state index in [9.17, 15) is 9.59 Å². The predicted octanol–water partition coefficient (Wildman–Crippen LogP) is 4.02. The van der Waals surface area contributed by atoms with E-state index in [1.165, 1.54) is 17.4 Å². The second kappa shape index (κ2) is 7.57. The highest BCUT2D eigenvalue weighted by Crippen LogP contribution is 2.31. The van der Waals surface area contributed by atoms with Gasteiger partial charge in [-0.2, -0.15) is 0 Å². The van der Waals surface area contributed by atoms with Gasteiger partial charge in [0.1, 0.15) is 0 Å². The Balaban J connectivity index is 1.56. The van der Waals surface area contributed by atoms with Crippen LogP contribution in [0.15, 0.2) is 39.6 Å². The van der Waals surface area contributed by atoms with Crippen molar-refractivity contribution in [2.24, 2.45) is 0 Å². The van der Waals surface area contributed by atoms with E-state index in [2.05, 4.69) is 36.3 Å². The van der Waals surface area contributed by atoms with Crippen molar-refractivity contribution < 1.29 is 4.79 Å². The Labute approximate surface area is 178 Å². The van der Waals surface area contributed by atoms with Crippen molar-refractivity contribution in [1.29, 1.82) is 0 Å². The van der Waals surface area contributed by atoms with Gasteiger partial charge in [-0.25, -0.2) is 14.5 Å². The number of nitrogens with zero attached hydrogens (tertiary/aromatic N) is 3. The van der Waals surface area contributed by atoms with E-state index in [4.69, 9.17) is 0 Å². The first kappa shape index (κ1) is 19.5. The fourth-order valence-electron chi connectivity index (χ4n) is 3.26. The Kier molecular flexibility index (Phi) is 5.10. The van der Waals surface area contributed by atoms with Crippen LogP contribution in [0, 0.1) is 20.8 Å². The molecule has 0 saturated heterocycles. The Hall–Kier alpha value is -2.78. The molecular weight excluding hydrogens is 454 g/mol. The lowest BCUT2D eigenvalue weighted by Gasteiger charge is -2.11. The van der Waals surface area contributed by atoms with Crippen molar-refractivity contribution in [1.82, 2.24) is 19.6 Å². The lowest BCUT2D eigenvalue weighted by molar-refractivity contribution is -0.115. The Bertz CT molecular complexity index is 1290. The maximum absolute atomic E-state index is 12.7. The summed E-state index contributed by atoms with van der Waals surface area (Å²) in [6.45, 7) is 5.69. The van der Waals surface area contributed by atoms with Gasteiger partial charge in [0.05, 0.1) is 12.1 Å². The number of carbonyl (C=O) groups excluding carboxylic acids is 1. The topological polar surface area (TPSA) is 92.1 Å². The quantitative estimate of drug-likeness (QED) is 0.470. The highest BCUT2D eigenvalue weighted by Gasteiger charge is 2.16. The molecule has 0 aliphatic carbocycles. The number of carbonyl (C=O) groups is 1. The summed E-state index contributed by atoms with van der Waals surface area (Å²) in [6.07, 6.45) is 0.146. The number of aromatic nitrogens is 4. The molecule has 0 saturated carbocycles. The Morgan fingerprint density at radius 3 is 2.66 bits per heavy atom. The molecule has 7 nitrogen and oxygen atoms in total. The number of aryl methyl sites for hydroxylation is 3. The van der Waals surface area contributed by atoms with E-state index in [-0.39, 0.29) is 17.9 Å². The minimum absolute atomic E-state index is 0.146. The molecule has 0 aliphatic heterocycles. The molecule has 0 aliphatic rings. The first-order valence-electron chi connectivity index (χ1n) is 8.93. The van der Waals surface area contributed by atoms with E-state index >= 15 is 0 Å². The second-order valence-electron chi connectivity index (χ2n) is 6.73. The molecule has 0 atom stereocenters. The van der Waals surface area contributed by atoms with Crippen LogP contribution in [0.1, 0.15) is 21.8 Å². The van der Waals surface area contributed by atoms with Crippen molar-refractivity contribution in [2.45, 2.75) is 27.2 Å². The monoisotopic (exact) mass is 471 g/mol. The minimum Gasteiger partial charge on any atom is -0.302 e. The summed E-state index contributed by atoms with van der Waals surface area (Å²) in [6, 6.07) is 9.34. The maximum Gasteiger partial charge on any atom is 0.266 e. The van der Waals surface area contributed by atoms with Crippen molar-refractivity contribution in [2.75, 3.05) is 5.32 Å². The summed E-state index contributed by atoms with van der Waals surface area (Å²) in [5.74, 6) is -0.178. The van der Waals surface area contributed by atoms with Crippen LogP contribution in [0.25, 0.3) is 16.9 Å². The Morgan fingerprint density at radius 2 is 1.93 bits per heavy atom. The highest BCUT2D eigenvalue weighted by atomic mass is 79.9. The zero-order chi connectivity index (χ0) is 20.7. The van der Waals surface area contributed by atoms with Crippen molar-refractivity contribution >= 4 is 44.0 Å². The zero-order valence-corrected chi connectivity index (χ0v) is 18.4. The number of aromatic amines is 1. The van der Waals surface area contributed by atoms with Gasteiger partial charge in [-0.05, 0) is 32.9 Å². The number of benzene rings is 1. The lowest BCUT2D eigenvalue weighted by Crippen LogP contribution is -2.17. The van der Waals surface area contributed by atoms with Crippen molar-refractivity contribution in [3.8, 4) is 11.3 Å². The van der Waals surface area contributed by atoms with Gasteiger partial charge in [0.25, 0.3) is 5.56 Å². The van der Waals surface area contributed by atoms with E-state index in [1.807, 2.05) is 45.0 Å². The number of amides is 1. The van der Waals surface area contributed by atoms with Crippen LogP contribution < -0.4 is 10.9 Å². The largest absolute Gasteiger partial charge is 0.302 e. The number of halogens is 1. The number of hydrogen-bond donors (Lipinski definition) is 2.